The molecule has 2 unspecified atom stereocenters. The molecular weight excluding hydrogens is 148 g/mol. The summed E-state index contributed by atoms with van der Waals surface area (Å²) in [6.07, 6.45) is 1.19. The van der Waals surface area contributed by atoms with Gasteiger partial charge in [0.05, 0.1) is 12.1 Å². The van der Waals surface area contributed by atoms with Gasteiger partial charge < -0.3 is 0 Å². The van der Waals surface area contributed by atoms with Crippen LogP contribution in [-0.2, 0) is 0 Å². The van der Waals surface area contributed by atoms with E-state index in [1.54, 1.807) is 0 Å². The van der Waals surface area contributed by atoms with Crippen LogP contribution in [0.5, 0.6) is 0 Å². The lowest BCUT2D eigenvalue weighted by atomic mass is 10.1. The lowest BCUT2D eigenvalue weighted by Crippen LogP contribution is -2.35. The second kappa shape index (κ2) is 6.02. The van der Waals surface area contributed by atoms with Crippen LogP contribution in [-0.4, -0.2) is 24.0 Å². The normalized spacial score (nSPS) is 15.7. The molecule has 2 atom stereocenters. The summed E-state index contributed by atoms with van der Waals surface area (Å²) < 4.78 is 0. The summed E-state index contributed by atoms with van der Waals surface area (Å²) in [6.45, 7) is 10.5. The van der Waals surface area contributed by atoms with Gasteiger partial charge in [-0.2, -0.15) is 5.26 Å². The maximum absolute atomic E-state index is 8.73. The van der Waals surface area contributed by atoms with E-state index in [1.807, 2.05) is 6.92 Å². The van der Waals surface area contributed by atoms with Gasteiger partial charge in [-0.3, -0.25) is 4.90 Å². The fourth-order valence-corrected chi connectivity index (χ4v) is 1.17. The topological polar surface area (TPSA) is 27.0 Å². The van der Waals surface area contributed by atoms with Crippen LogP contribution >= 0.6 is 0 Å². The summed E-state index contributed by atoms with van der Waals surface area (Å²) in [5.41, 5.74) is 0. The average molecular weight is 168 g/mol. The van der Waals surface area contributed by atoms with Crippen LogP contribution in [0.25, 0.3) is 0 Å². The predicted octanol–water partition coefficient (Wildman–Crippen LogP) is 2.27. The molecule has 0 aliphatic carbocycles. The quantitative estimate of drug-likeness (QED) is 0.629. The lowest BCUT2D eigenvalue weighted by molar-refractivity contribution is 0.221. The van der Waals surface area contributed by atoms with E-state index in [2.05, 4.69) is 31.7 Å². The van der Waals surface area contributed by atoms with Crippen LogP contribution in [0.1, 0.15) is 34.1 Å². The molecule has 0 rings (SSSR count). The van der Waals surface area contributed by atoms with Crippen molar-refractivity contribution in [3.05, 3.63) is 0 Å². The first-order valence-electron chi connectivity index (χ1n) is 4.79. The zero-order valence-corrected chi connectivity index (χ0v) is 8.67. The Kier molecular flexibility index (Phi) is 5.74. The molecule has 0 saturated heterocycles. The minimum absolute atomic E-state index is 0.0593. The van der Waals surface area contributed by atoms with E-state index in [1.165, 1.54) is 6.42 Å². The smallest absolute Gasteiger partial charge is 0.0949 e. The molecule has 0 aromatic carbocycles. The first-order chi connectivity index (χ1) is 5.65. The fraction of sp³-hybridized carbons (Fsp3) is 0.900. The van der Waals surface area contributed by atoms with E-state index in [4.69, 9.17) is 5.26 Å². The van der Waals surface area contributed by atoms with Crippen LogP contribution in [0.2, 0.25) is 0 Å². The van der Waals surface area contributed by atoms with Gasteiger partial charge in [0.2, 0.25) is 0 Å². The third kappa shape index (κ3) is 3.73. The Morgan fingerprint density at radius 2 is 1.92 bits per heavy atom. The minimum Gasteiger partial charge on any atom is -0.288 e. The molecule has 0 N–H and O–H groups in total. The first kappa shape index (κ1) is 11.4. The Hall–Kier alpha value is -0.550. The number of hydrogen-bond donors (Lipinski definition) is 0. The molecular formula is C10H20N2. The maximum Gasteiger partial charge on any atom is 0.0949 e. The molecule has 0 spiro atoms. The molecule has 0 amide bonds. The highest BCUT2D eigenvalue weighted by Crippen LogP contribution is 2.06. The van der Waals surface area contributed by atoms with Crippen LogP contribution in [0.4, 0.5) is 0 Å². The number of rotatable bonds is 5. The molecule has 0 radical (unpaired) electrons. The largest absolute Gasteiger partial charge is 0.288 e. The molecule has 70 valence electrons. The van der Waals surface area contributed by atoms with Crippen molar-refractivity contribution in [2.45, 2.75) is 40.2 Å². The second-order valence-electron chi connectivity index (χ2n) is 3.41. The van der Waals surface area contributed by atoms with Gasteiger partial charge in [-0.15, -0.1) is 0 Å². The number of hydrogen-bond acceptors (Lipinski definition) is 2. The Balaban J connectivity index is 3.92. The molecule has 0 aliphatic heterocycles. The van der Waals surface area contributed by atoms with Gasteiger partial charge in [-0.25, -0.2) is 0 Å². The number of nitrogens with zero attached hydrogens (tertiary/aromatic N) is 2. The van der Waals surface area contributed by atoms with Crippen molar-refractivity contribution >= 4 is 0 Å². The molecule has 0 fully saturated rings. The summed E-state index contributed by atoms with van der Waals surface area (Å²) >= 11 is 0. The number of nitriles is 1. The molecule has 2 heteroatoms. The molecule has 0 aromatic rings. The summed E-state index contributed by atoms with van der Waals surface area (Å²) in [7, 11) is 0. The van der Waals surface area contributed by atoms with Gasteiger partial charge in [0.25, 0.3) is 0 Å². The second-order valence-corrected chi connectivity index (χ2v) is 3.41. The molecule has 0 heterocycles. The van der Waals surface area contributed by atoms with Crippen molar-refractivity contribution in [1.29, 1.82) is 5.26 Å². The summed E-state index contributed by atoms with van der Waals surface area (Å²) in [6, 6.07) is 2.33. The zero-order chi connectivity index (χ0) is 9.56. The summed E-state index contributed by atoms with van der Waals surface area (Å²) in [5, 5.41) is 8.73. The van der Waals surface area contributed by atoms with Crippen LogP contribution in [0.3, 0.4) is 0 Å². The SMILES string of the molecule is CCC(C)CN(CC)C(C)C#N. The van der Waals surface area contributed by atoms with E-state index < -0.39 is 0 Å². The molecule has 12 heavy (non-hydrogen) atoms. The highest BCUT2D eigenvalue weighted by atomic mass is 15.1. The fourth-order valence-electron chi connectivity index (χ4n) is 1.17. The Morgan fingerprint density at radius 3 is 2.25 bits per heavy atom. The Labute approximate surface area is 76.2 Å². The standard InChI is InChI=1S/C10H20N2/c1-5-9(3)8-12(6-2)10(4)7-11/h9-10H,5-6,8H2,1-4H3. The van der Waals surface area contributed by atoms with E-state index in [9.17, 15) is 0 Å². The van der Waals surface area contributed by atoms with E-state index in [0.29, 0.717) is 5.92 Å². The Morgan fingerprint density at radius 1 is 1.33 bits per heavy atom. The van der Waals surface area contributed by atoms with Gasteiger partial charge in [0, 0.05) is 6.54 Å². The van der Waals surface area contributed by atoms with Crippen molar-refractivity contribution in [3.63, 3.8) is 0 Å². The highest BCUT2D eigenvalue weighted by Gasteiger charge is 2.12. The monoisotopic (exact) mass is 168 g/mol. The van der Waals surface area contributed by atoms with Crippen molar-refractivity contribution in [3.8, 4) is 6.07 Å². The highest BCUT2D eigenvalue weighted by molar-refractivity contribution is 4.87. The maximum atomic E-state index is 8.73. The van der Waals surface area contributed by atoms with E-state index >= 15 is 0 Å². The van der Waals surface area contributed by atoms with Crippen molar-refractivity contribution in [2.24, 2.45) is 5.92 Å². The average Bonchev–Trinajstić information content (AvgIpc) is 2.12. The first-order valence-corrected chi connectivity index (χ1v) is 4.79. The third-order valence-corrected chi connectivity index (χ3v) is 2.38. The minimum atomic E-state index is 0.0593. The third-order valence-electron chi connectivity index (χ3n) is 2.38. The van der Waals surface area contributed by atoms with E-state index in [-0.39, 0.29) is 6.04 Å². The van der Waals surface area contributed by atoms with Crippen molar-refractivity contribution < 1.29 is 0 Å². The van der Waals surface area contributed by atoms with Crippen molar-refractivity contribution in [1.82, 2.24) is 4.90 Å². The van der Waals surface area contributed by atoms with Gasteiger partial charge in [0.15, 0.2) is 0 Å². The summed E-state index contributed by atoms with van der Waals surface area (Å²) in [4.78, 5) is 2.22. The molecule has 2 nitrogen and oxygen atoms in total. The van der Waals surface area contributed by atoms with Gasteiger partial charge in [-0.1, -0.05) is 27.2 Å². The molecule has 0 aliphatic rings. The summed E-state index contributed by atoms with van der Waals surface area (Å²) in [5.74, 6) is 0.695. The van der Waals surface area contributed by atoms with Gasteiger partial charge >= 0.3 is 0 Å². The lowest BCUT2D eigenvalue weighted by Gasteiger charge is -2.25. The molecule has 0 bridgehead atoms. The van der Waals surface area contributed by atoms with E-state index in [0.717, 1.165) is 13.1 Å². The molecule has 0 saturated carbocycles. The van der Waals surface area contributed by atoms with Gasteiger partial charge in [-0.05, 0) is 19.4 Å². The molecule has 0 aromatic heterocycles. The van der Waals surface area contributed by atoms with Crippen LogP contribution < -0.4 is 0 Å². The van der Waals surface area contributed by atoms with Crippen LogP contribution in [0, 0.1) is 17.2 Å². The predicted molar refractivity (Wildman–Crippen MR) is 51.8 cm³/mol. The zero-order valence-electron chi connectivity index (χ0n) is 8.67. The van der Waals surface area contributed by atoms with Gasteiger partial charge in [0.1, 0.15) is 0 Å². The van der Waals surface area contributed by atoms with Crippen molar-refractivity contribution in [2.75, 3.05) is 13.1 Å². The van der Waals surface area contributed by atoms with Crippen LogP contribution in [0.15, 0.2) is 0 Å². The Bertz CT molecular complexity index is 148.